The van der Waals surface area contributed by atoms with Gasteiger partial charge in [-0.3, -0.25) is 4.79 Å². The van der Waals surface area contributed by atoms with Gasteiger partial charge in [0.2, 0.25) is 10.0 Å². The van der Waals surface area contributed by atoms with Gasteiger partial charge in [0.05, 0.1) is 15.5 Å². The van der Waals surface area contributed by atoms with Crippen LogP contribution >= 0.6 is 11.6 Å². The molecule has 0 spiro atoms. The molecular weight excluding hydrogens is 391 g/mol. The number of benzene rings is 2. The molecule has 2 aromatic carbocycles. The van der Waals surface area contributed by atoms with E-state index in [9.17, 15) is 17.6 Å². The number of nitrogens with one attached hydrogen (secondary N) is 1. The van der Waals surface area contributed by atoms with Crippen LogP contribution in [0.25, 0.3) is 0 Å². The molecule has 27 heavy (non-hydrogen) atoms. The number of anilines is 1. The zero-order valence-electron chi connectivity index (χ0n) is 14.6. The Balaban J connectivity index is 1.81. The molecule has 144 valence electrons. The van der Waals surface area contributed by atoms with Crippen molar-refractivity contribution in [2.24, 2.45) is 0 Å². The van der Waals surface area contributed by atoms with E-state index in [1.165, 1.54) is 22.5 Å². The van der Waals surface area contributed by atoms with Gasteiger partial charge >= 0.3 is 0 Å². The van der Waals surface area contributed by atoms with Crippen LogP contribution in [0.5, 0.6) is 0 Å². The third kappa shape index (κ3) is 4.66. The standard InChI is InChI=1S/C19H20ClFN2O3S/c20-18-12-14(21)8-9-17(18)19(24)22-15-6-5-7-16(13-15)27(25,26)23-10-3-1-2-4-11-23/h5-9,12-13H,1-4,10-11H2,(H,22,24). The van der Waals surface area contributed by atoms with Gasteiger partial charge in [0.1, 0.15) is 5.82 Å². The fourth-order valence-corrected chi connectivity index (χ4v) is 4.85. The van der Waals surface area contributed by atoms with Crippen molar-refractivity contribution in [3.8, 4) is 0 Å². The molecule has 0 unspecified atom stereocenters. The highest BCUT2D eigenvalue weighted by Crippen LogP contribution is 2.24. The smallest absolute Gasteiger partial charge is 0.257 e. The number of rotatable bonds is 4. The highest BCUT2D eigenvalue weighted by Gasteiger charge is 2.25. The van der Waals surface area contributed by atoms with Crippen LogP contribution in [0.4, 0.5) is 10.1 Å². The van der Waals surface area contributed by atoms with Crippen molar-refractivity contribution in [3.63, 3.8) is 0 Å². The topological polar surface area (TPSA) is 66.5 Å². The van der Waals surface area contributed by atoms with Crippen LogP contribution in [0.2, 0.25) is 5.02 Å². The van der Waals surface area contributed by atoms with E-state index in [2.05, 4.69) is 5.32 Å². The van der Waals surface area contributed by atoms with Gasteiger partial charge in [-0.1, -0.05) is 30.5 Å². The zero-order chi connectivity index (χ0) is 19.4. The lowest BCUT2D eigenvalue weighted by atomic mass is 10.2. The molecule has 2 aromatic rings. The van der Waals surface area contributed by atoms with E-state index < -0.39 is 21.7 Å². The summed E-state index contributed by atoms with van der Waals surface area (Å²) < 4.78 is 40.4. The molecule has 0 saturated carbocycles. The van der Waals surface area contributed by atoms with E-state index in [0.717, 1.165) is 37.8 Å². The van der Waals surface area contributed by atoms with Gasteiger partial charge in [0, 0.05) is 18.8 Å². The second-order valence-corrected chi connectivity index (χ2v) is 8.77. The fourth-order valence-electron chi connectivity index (χ4n) is 3.04. The molecule has 1 aliphatic rings. The quantitative estimate of drug-likeness (QED) is 0.817. The summed E-state index contributed by atoms with van der Waals surface area (Å²) in [6, 6.07) is 9.59. The first-order valence-corrected chi connectivity index (χ1v) is 10.6. The number of carbonyl (C=O) groups excluding carboxylic acids is 1. The minimum absolute atomic E-state index is 0.0131. The third-order valence-electron chi connectivity index (χ3n) is 4.47. The summed E-state index contributed by atoms with van der Waals surface area (Å²) >= 11 is 5.91. The molecule has 8 heteroatoms. The monoisotopic (exact) mass is 410 g/mol. The SMILES string of the molecule is O=C(Nc1cccc(S(=O)(=O)N2CCCCCC2)c1)c1ccc(F)cc1Cl. The van der Waals surface area contributed by atoms with Crippen molar-refractivity contribution >= 4 is 33.2 Å². The van der Waals surface area contributed by atoms with Crippen molar-refractivity contribution in [2.75, 3.05) is 18.4 Å². The Morgan fingerprint density at radius 1 is 1.04 bits per heavy atom. The number of amides is 1. The predicted octanol–water partition coefficient (Wildman–Crippen LogP) is 4.30. The van der Waals surface area contributed by atoms with Crippen LogP contribution < -0.4 is 5.32 Å². The number of hydrogen-bond donors (Lipinski definition) is 1. The lowest BCUT2D eigenvalue weighted by molar-refractivity contribution is 0.102. The Morgan fingerprint density at radius 2 is 1.74 bits per heavy atom. The highest BCUT2D eigenvalue weighted by atomic mass is 35.5. The first kappa shape index (κ1) is 19.8. The molecule has 1 aliphatic heterocycles. The maximum Gasteiger partial charge on any atom is 0.257 e. The van der Waals surface area contributed by atoms with Crippen LogP contribution in [0.15, 0.2) is 47.4 Å². The van der Waals surface area contributed by atoms with Crippen LogP contribution in [-0.2, 0) is 10.0 Å². The van der Waals surface area contributed by atoms with Crippen molar-refractivity contribution in [3.05, 3.63) is 58.9 Å². The highest BCUT2D eigenvalue weighted by molar-refractivity contribution is 7.89. The van der Waals surface area contributed by atoms with E-state index in [1.54, 1.807) is 12.1 Å². The summed E-state index contributed by atoms with van der Waals surface area (Å²) in [5.74, 6) is -1.08. The predicted molar refractivity (Wildman–Crippen MR) is 103 cm³/mol. The summed E-state index contributed by atoms with van der Waals surface area (Å²) in [5.41, 5.74) is 0.440. The first-order valence-electron chi connectivity index (χ1n) is 8.74. The van der Waals surface area contributed by atoms with Gasteiger partial charge in [-0.05, 0) is 49.2 Å². The molecule has 0 aliphatic carbocycles. The number of carbonyl (C=O) groups is 1. The number of halogens is 2. The van der Waals surface area contributed by atoms with E-state index in [1.807, 2.05) is 0 Å². The Morgan fingerprint density at radius 3 is 2.41 bits per heavy atom. The fraction of sp³-hybridized carbons (Fsp3) is 0.316. The average molecular weight is 411 g/mol. The van der Waals surface area contributed by atoms with Gasteiger partial charge < -0.3 is 5.32 Å². The molecule has 0 radical (unpaired) electrons. The Labute approximate surface area is 163 Å². The molecule has 1 N–H and O–H groups in total. The second kappa shape index (κ2) is 8.37. The molecular formula is C19H20ClFN2O3S. The maximum absolute atomic E-state index is 13.1. The van der Waals surface area contributed by atoms with Gasteiger partial charge in [0.15, 0.2) is 0 Å². The van der Waals surface area contributed by atoms with Crippen molar-refractivity contribution in [1.29, 1.82) is 0 Å². The van der Waals surface area contributed by atoms with Gasteiger partial charge in [0.25, 0.3) is 5.91 Å². The molecule has 0 aromatic heterocycles. The van der Waals surface area contributed by atoms with Crippen LogP contribution in [-0.4, -0.2) is 31.7 Å². The Hall–Kier alpha value is -1.96. The largest absolute Gasteiger partial charge is 0.322 e. The number of sulfonamides is 1. The third-order valence-corrected chi connectivity index (χ3v) is 6.68. The Bertz CT molecular complexity index is 942. The summed E-state index contributed by atoms with van der Waals surface area (Å²) in [6.45, 7) is 1.01. The molecule has 0 bridgehead atoms. The molecule has 1 amide bonds. The lowest BCUT2D eigenvalue weighted by Gasteiger charge is -2.20. The molecule has 1 fully saturated rings. The van der Waals surface area contributed by atoms with Crippen LogP contribution in [0, 0.1) is 5.82 Å². The van der Waals surface area contributed by atoms with Gasteiger partial charge in [-0.25, -0.2) is 12.8 Å². The zero-order valence-corrected chi connectivity index (χ0v) is 16.2. The lowest BCUT2D eigenvalue weighted by Crippen LogP contribution is -2.32. The normalized spacial score (nSPS) is 15.9. The second-order valence-electron chi connectivity index (χ2n) is 6.42. The van der Waals surface area contributed by atoms with Crippen molar-refractivity contribution in [1.82, 2.24) is 4.31 Å². The van der Waals surface area contributed by atoms with Gasteiger partial charge in [-0.15, -0.1) is 0 Å². The summed E-state index contributed by atoms with van der Waals surface area (Å²) in [4.78, 5) is 12.5. The number of hydrogen-bond acceptors (Lipinski definition) is 3. The van der Waals surface area contributed by atoms with Gasteiger partial charge in [-0.2, -0.15) is 4.31 Å². The van der Waals surface area contributed by atoms with E-state index in [4.69, 9.17) is 11.6 Å². The average Bonchev–Trinajstić information content (AvgIpc) is 2.92. The van der Waals surface area contributed by atoms with E-state index in [0.29, 0.717) is 18.8 Å². The maximum atomic E-state index is 13.1. The molecule has 0 atom stereocenters. The summed E-state index contributed by atoms with van der Waals surface area (Å²) in [7, 11) is -3.62. The Kier molecular flexibility index (Phi) is 6.14. The molecule has 1 heterocycles. The van der Waals surface area contributed by atoms with Crippen molar-refractivity contribution < 1.29 is 17.6 Å². The van der Waals surface area contributed by atoms with E-state index >= 15 is 0 Å². The summed E-state index contributed by atoms with van der Waals surface area (Å²) in [6.07, 6.45) is 3.75. The minimum Gasteiger partial charge on any atom is -0.322 e. The molecule has 3 rings (SSSR count). The number of nitrogens with zero attached hydrogens (tertiary/aromatic N) is 1. The van der Waals surface area contributed by atoms with Crippen LogP contribution in [0.1, 0.15) is 36.0 Å². The molecule has 5 nitrogen and oxygen atoms in total. The minimum atomic E-state index is -3.62. The van der Waals surface area contributed by atoms with E-state index in [-0.39, 0.29) is 15.5 Å². The van der Waals surface area contributed by atoms with Crippen molar-refractivity contribution in [2.45, 2.75) is 30.6 Å². The first-order chi connectivity index (χ1) is 12.9. The molecule has 1 saturated heterocycles. The summed E-state index contributed by atoms with van der Waals surface area (Å²) in [5, 5.41) is 2.60. The van der Waals surface area contributed by atoms with Crippen LogP contribution in [0.3, 0.4) is 0 Å².